The van der Waals surface area contributed by atoms with Crippen molar-refractivity contribution in [3.05, 3.63) is 59.2 Å². The van der Waals surface area contributed by atoms with Gasteiger partial charge in [0.1, 0.15) is 12.7 Å². The summed E-state index contributed by atoms with van der Waals surface area (Å²) in [6.07, 6.45) is 9.73. The molecule has 4 aliphatic carbocycles. The van der Waals surface area contributed by atoms with Crippen LogP contribution in [-0.2, 0) is 17.8 Å². The second-order valence-corrected chi connectivity index (χ2v) is 12.0. The predicted molar refractivity (Wildman–Crippen MR) is 141 cm³/mol. The molecule has 1 atom stereocenters. The van der Waals surface area contributed by atoms with E-state index >= 15 is 0 Å². The average molecular weight is 489 g/mol. The third-order valence-corrected chi connectivity index (χ3v) is 9.09. The van der Waals surface area contributed by atoms with Crippen molar-refractivity contribution in [1.82, 2.24) is 10.6 Å². The number of rotatable bonds is 9. The molecule has 1 unspecified atom stereocenters. The second-order valence-electron chi connectivity index (χ2n) is 12.0. The van der Waals surface area contributed by atoms with Gasteiger partial charge in [0.25, 0.3) is 0 Å². The number of carbonyl (C=O) groups excluding carboxylic acids is 1. The molecule has 1 aliphatic heterocycles. The molecule has 5 heteroatoms. The summed E-state index contributed by atoms with van der Waals surface area (Å²) in [6, 6.07) is 14.6. The van der Waals surface area contributed by atoms with E-state index in [1.54, 1.807) is 0 Å². The summed E-state index contributed by atoms with van der Waals surface area (Å²) in [5.74, 6) is 4.66. The molecule has 4 saturated carbocycles. The molecule has 0 radical (unpaired) electrons. The third-order valence-electron chi connectivity index (χ3n) is 9.09. The molecule has 4 fully saturated rings. The molecule has 5 aliphatic rings. The molecule has 0 spiro atoms. The van der Waals surface area contributed by atoms with Gasteiger partial charge >= 0.3 is 0 Å². The van der Waals surface area contributed by atoms with E-state index in [4.69, 9.17) is 9.47 Å². The van der Waals surface area contributed by atoms with Gasteiger partial charge in [-0.2, -0.15) is 0 Å². The van der Waals surface area contributed by atoms with Gasteiger partial charge in [-0.05, 0) is 91.4 Å². The maximum absolute atomic E-state index is 12.8. The molecule has 2 aromatic carbocycles. The van der Waals surface area contributed by atoms with Gasteiger partial charge in [0, 0.05) is 32.5 Å². The van der Waals surface area contributed by atoms with Gasteiger partial charge < -0.3 is 20.1 Å². The summed E-state index contributed by atoms with van der Waals surface area (Å²) in [6.45, 7) is 4.86. The summed E-state index contributed by atoms with van der Waals surface area (Å²) in [4.78, 5) is 12.8. The van der Waals surface area contributed by atoms with E-state index in [2.05, 4.69) is 47.9 Å². The Morgan fingerprint density at radius 3 is 2.42 bits per heavy atom. The van der Waals surface area contributed by atoms with E-state index < -0.39 is 0 Å². The van der Waals surface area contributed by atoms with Gasteiger partial charge in [-0.3, -0.25) is 4.79 Å². The van der Waals surface area contributed by atoms with Crippen molar-refractivity contribution in [2.75, 3.05) is 19.7 Å². The van der Waals surface area contributed by atoms with Crippen LogP contribution in [0.3, 0.4) is 0 Å². The maximum Gasteiger partial charge on any atom is 0.220 e. The number of hydrogen-bond acceptors (Lipinski definition) is 4. The molecule has 1 amide bonds. The van der Waals surface area contributed by atoms with Gasteiger partial charge in [-0.1, -0.05) is 36.4 Å². The van der Waals surface area contributed by atoms with Crippen LogP contribution in [0.5, 0.6) is 11.5 Å². The Kier molecular flexibility index (Phi) is 6.68. The number of para-hydroxylation sites is 1. The van der Waals surface area contributed by atoms with Crippen molar-refractivity contribution < 1.29 is 14.3 Å². The minimum atomic E-state index is 0.00335. The number of fused-ring (bicyclic) bond motifs is 1. The monoisotopic (exact) mass is 488 g/mol. The SMILES string of the molecule is Cc1cccc2c1OC(Cc1ccccc1CNCCNC(=O)CC13CC4CC(CC(C4)C1)C3)CO2. The van der Waals surface area contributed by atoms with Crippen LogP contribution in [0.25, 0.3) is 0 Å². The molecule has 7 rings (SSSR count). The summed E-state index contributed by atoms with van der Waals surface area (Å²) in [5.41, 5.74) is 3.98. The molecule has 4 bridgehead atoms. The Balaban J connectivity index is 0.955. The Morgan fingerprint density at radius 2 is 1.67 bits per heavy atom. The Bertz CT molecular complexity index is 1060. The lowest BCUT2D eigenvalue weighted by Gasteiger charge is -2.56. The number of hydrogen-bond donors (Lipinski definition) is 2. The number of benzene rings is 2. The Hall–Kier alpha value is -2.53. The first-order valence-corrected chi connectivity index (χ1v) is 14.0. The van der Waals surface area contributed by atoms with Crippen LogP contribution in [-0.4, -0.2) is 31.7 Å². The summed E-state index contributed by atoms with van der Waals surface area (Å²) in [7, 11) is 0. The molecule has 0 aromatic heterocycles. The van der Waals surface area contributed by atoms with Crippen LogP contribution >= 0.6 is 0 Å². The molecule has 0 saturated heterocycles. The normalized spacial score (nSPS) is 29.8. The number of carbonyl (C=O) groups is 1. The molecule has 2 aromatic rings. The van der Waals surface area contributed by atoms with E-state index in [0.29, 0.717) is 18.6 Å². The van der Waals surface area contributed by atoms with E-state index in [0.717, 1.165) is 60.7 Å². The first-order valence-electron chi connectivity index (χ1n) is 14.0. The highest BCUT2D eigenvalue weighted by Gasteiger charge is 2.51. The van der Waals surface area contributed by atoms with Gasteiger partial charge in [-0.15, -0.1) is 0 Å². The zero-order valence-electron chi connectivity index (χ0n) is 21.6. The van der Waals surface area contributed by atoms with Crippen molar-refractivity contribution in [2.45, 2.75) is 70.9 Å². The number of aryl methyl sites for hydroxylation is 1. The summed E-state index contributed by atoms with van der Waals surface area (Å²) in [5, 5.41) is 6.73. The van der Waals surface area contributed by atoms with E-state index in [-0.39, 0.29) is 12.0 Å². The van der Waals surface area contributed by atoms with E-state index in [9.17, 15) is 4.79 Å². The van der Waals surface area contributed by atoms with Gasteiger partial charge in [0.05, 0.1) is 0 Å². The molecule has 2 N–H and O–H groups in total. The predicted octanol–water partition coefficient (Wildman–Crippen LogP) is 5.19. The standard InChI is InChI=1S/C31H40N2O3/c1-21-5-4-8-28-30(21)36-27(20-35-28)14-25-6-2-3-7-26(25)19-32-9-10-33-29(34)18-31-15-22-11-23(16-31)13-24(12-22)17-31/h2-8,22-24,27,32H,9-20H2,1H3,(H,33,34). The number of ether oxygens (including phenoxy) is 2. The minimum absolute atomic E-state index is 0.00335. The fourth-order valence-corrected chi connectivity index (χ4v) is 7.97. The maximum atomic E-state index is 12.8. The van der Waals surface area contributed by atoms with Crippen molar-refractivity contribution in [2.24, 2.45) is 23.2 Å². The lowest BCUT2D eigenvalue weighted by atomic mass is 9.49. The van der Waals surface area contributed by atoms with Crippen molar-refractivity contribution in [1.29, 1.82) is 0 Å². The van der Waals surface area contributed by atoms with Crippen molar-refractivity contribution >= 4 is 5.91 Å². The average Bonchev–Trinajstić information content (AvgIpc) is 2.84. The molecule has 1 heterocycles. The molecular formula is C31H40N2O3. The zero-order chi connectivity index (χ0) is 24.5. The Morgan fingerprint density at radius 1 is 0.944 bits per heavy atom. The zero-order valence-corrected chi connectivity index (χ0v) is 21.6. The van der Waals surface area contributed by atoms with Crippen LogP contribution in [0.4, 0.5) is 0 Å². The molecule has 192 valence electrons. The lowest BCUT2D eigenvalue weighted by molar-refractivity contribution is -0.129. The Labute approximate surface area is 215 Å². The van der Waals surface area contributed by atoms with Gasteiger partial charge in [0.15, 0.2) is 11.5 Å². The quantitative estimate of drug-likeness (QED) is 0.477. The van der Waals surface area contributed by atoms with Crippen LogP contribution < -0.4 is 20.1 Å². The fourth-order valence-electron chi connectivity index (χ4n) is 7.97. The fraction of sp³-hybridized carbons (Fsp3) is 0.581. The summed E-state index contributed by atoms with van der Waals surface area (Å²) < 4.78 is 12.3. The van der Waals surface area contributed by atoms with Crippen molar-refractivity contribution in [3.63, 3.8) is 0 Å². The lowest BCUT2D eigenvalue weighted by Crippen LogP contribution is -2.48. The highest BCUT2D eigenvalue weighted by molar-refractivity contribution is 5.76. The molecule has 36 heavy (non-hydrogen) atoms. The summed E-state index contributed by atoms with van der Waals surface area (Å²) >= 11 is 0. The van der Waals surface area contributed by atoms with Crippen LogP contribution in [0.1, 0.15) is 61.6 Å². The first-order chi connectivity index (χ1) is 17.6. The van der Waals surface area contributed by atoms with Crippen LogP contribution in [0.15, 0.2) is 42.5 Å². The highest BCUT2D eigenvalue weighted by atomic mass is 16.6. The smallest absolute Gasteiger partial charge is 0.220 e. The molecular weight excluding hydrogens is 448 g/mol. The van der Waals surface area contributed by atoms with E-state index in [1.807, 2.05) is 12.1 Å². The van der Waals surface area contributed by atoms with Gasteiger partial charge in [-0.25, -0.2) is 0 Å². The first kappa shape index (κ1) is 23.8. The topological polar surface area (TPSA) is 59.6 Å². The largest absolute Gasteiger partial charge is 0.486 e. The van der Waals surface area contributed by atoms with Crippen LogP contribution in [0, 0.1) is 30.1 Å². The highest BCUT2D eigenvalue weighted by Crippen LogP contribution is 2.61. The number of nitrogens with one attached hydrogen (secondary N) is 2. The van der Waals surface area contributed by atoms with Crippen molar-refractivity contribution in [3.8, 4) is 11.5 Å². The number of amides is 1. The third kappa shape index (κ3) is 5.13. The minimum Gasteiger partial charge on any atom is -0.486 e. The molecule has 5 nitrogen and oxygen atoms in total. The second kappa shape index (κ2) is 10.1. The van der Waals surface area contributed by atoms with Gasteiger partial charge in [0.2, 0.25) is 5.91 Å². The van der Waals surface area contributed by atoms with Crippen LogP contribution in [0.2, 0.25) is 0 Å². The van der Waals surface area contributed by atoms with E-state index in [1.165, 1.54) is 49.7 Å².